The van der Waals surface area contributed by atoms with Crippen LogP contribution in [-0.4, -0.2) is 30.0 Å². The molecular weight excluding hydrogens is 330 g/mol. The second-order valence-electron chi connectivity index (χ2n) is 5.10. The molecule has 2 aromatic rings. The van der Waals surface area contributed by atoms with Crippen LogP contribution in [-0.2, 0) is 0 Å². The maximum absolute atomic E-state index is 12.2. The maximum atomic E-state index is 12.2. The summed E-state index contributed by atoms with van der Waals surface area (Å²) in [5.41, 5.74) is 0.681. The van der Waals surface area contributed by atoms with Gasteiger partial charge in [-0.25, -0.2) is 4.98 Å². The van der Waals surface area contributed by atoms with Crippen molar-refractivity contribution < 1.29 is 4.79 Å². The number of hydrogen-bond donors (Lipinski definition) is 1. The van der Waals surface area contributed by atoms with E-state index in [2.05, 4.69) is 31.1 Å². The molecular formula is C16H16BrN3O. The van der Waals surface area contributed by atoms with Crippen LogP contribution in [0.15, 0.2) is 53.1 Å². The maximum Gasteiger partial charge on any atom is 0.251 e. The number of nitrogens with one attached hydrogen (secondary N) is 1. The summed E-state index contributed by atoms with van der Waals surface area (Å²) in [4.78, 5) is 18.8. The first-order valence-electron chi connectivity index (χ1n) is 6.95. The summed E-state index contributed by atoms with van der Waals surface area (Å²) in [6.07, 6.45) is 2.74. The van der Waals surface area contributed by atoms with Crippen LogP contribution in [0, 0.1) is 0 Å². The van der Waals surface area contributed by atoms with Gasteiger partial charge in [-0.1, -0.05) is 28.1 Å². The number of amides is 1. The molecule has 0 bridgehead atoms. The second-order valence-corrected chi connectivity index (χ2v) is 6.02. The Morgan fingerprint density at radius 3 is 2.95 bits per heavy atom. The van der Waals surface area contributed by atoms with E-state index in [-0.39, 0.29) is 11.9 Å². The molecule has 1 aromatic carbocycles. The molecule has 1 aliphatic rings. The number of rotatable bonds is 3. The zero-order valence-electron chi connectivity index (χ0n) is 11.5. The topological polar surface area (TPSA) is 45.2 Å². The predicted octanol–water partition coefficient (Wildman–Crippen LogP) is 2.85. The quantitative estimate of drug-likeness (QED) is 0.930. The number of benzene rings is 1. The lowest BCUT2D eigenvalue weighted by Crippen LogP contribution is -2.37. The van der Waals surface area contributed by atoms with Gasteiger partial charge in [0.2, 0.25) is 0 Å². The third kappa shape index (κ3) is 3.42. The Morgan fingerprint density at radius 1 is 1.29 bits per heavy atom. The molecule has 5 heteroatoms. The number of nitrogens with zero attached hydrogens (tertiary/aromatic N) is 2. The monoisotopic (exact) mass is 345 g/mol. The molecule has 1 aliphatic heterocycles. The van der Waals surface area contributed by atoms with Crippen molar-refractivity contribution in [3.05, 3.63) is 58.7 Å². The van der Waals surface area contributed by atoms with E-state index in [0.717, 1.165) is 29.8 Å². The van der Waals surface area contributed by atoms with Gasteiger partial charge in [-0.3, -0.25) is 4.79 Å². The van der Waals surface area contributed by atoms with E-state index >= 15 is 0 Å². The Labute approximate surface area is 132 Å². The van der Waals surface area contributed by atoms with E-state index in [0.29, 0.717) is 5.56 Å². The average Bonchev–Trinajstić information content (AvgIpc) is 2.97. The third-order valence-corrected chi connectivity index (χ3v) is 4.08. The third-order valence-electron chi connectivity index (χ3n) is 3.58. The first-order valence-corrected chi connectivity index (χ1v) is 7.74. The van der Waals surface area contributed by atoms with Gasteiger partial charge in [-0.05, 0) is 36.8 Å². The fourth-order valence-corrected chi connectivity index (χ4v) is 2.92. The van der Waals surface area contributed by atoms with Gasteiger partial charge < -0.3 is 10.2 Å². The van der Waals surface area contributed by atoms with Crippen LogP contribution < -0.4 is 10.2 Å². The number of hydrogen-bond acceptors (Lipinski definition) is 3. The van der Waals surface area contributed by atoms with Gasteiger partial charge in [0.25, 0.3) is 5.91 Å². The highest BCUT2D eigenvalue weighted by Crippen LogP contribution is 2.18. The van der Waals surface area contributed by atoms with Crippen molar-refractivity contribution in [2.24, 2.45) is 0 Å². The summed E-state index contributed by atoms with van der Waals surface area (Å²) in [5.74, 6) is 0.945. The van der Waals surface area contributed by atoms with Crippen molar-refractivity contribution in [2.45, 2.75) is 12.5 Å². The lowest BCUT2D eigenvalue weighted by atomic mass is 10.2. The molecule has 0 unspecified atom stereocenters. The Morgan fingerprint density at radius 2 is 2.19 bits per heavy atom. The first-order chi connectivity index (χ1) is 10.2. The molecule has 1 amide bonds. The fraction of sp³-hybridized carbons (Fsp3) is 0.250. The molecule has 21 heavy (non-hydrogen) atoms. The van der Waals surface area contributed by atoms with Crippen LogP contribution >= 0.6 is 15.9 Å². The second kappa shape index (κ2) is 6.26. The van der Waals surface area contributed by atoms with Gasteiger partial charge in [-0.15, -0.1) is 0 Å². The summed E-state index contributed by atoms with van der Waals surface area (Å²) in [5, 5.41) is 3.09. The number of halogens is 1. The average molecular weight is 346 g/mol. The smallest absolute Gasteiger partial charge is 0.251 e. The van der Waals surface area contributed by atoms with Crippen molar-refractivity contribution in [2.75, 3.05) is 18.0 Å². The van der Waals surface area contributed by atoms with Crippen LogP contribution in [0.4, 0.5) is 5.82 Å². The molecule has 108 valence electrons. The number of anilines is 1. The molecule has 0 saturated carbocycles. The SMILES string of the molecule is O=C(N[C@H]1CCN(c2ccccn2)C1)c1cccc(Br)c1. The highest BCUT2D eigenvalue weighted by molar-refractivity contribution is 9.10. The van der Waals surface area contributed by atoms with Crippen LogP contribution in [0.2, 0.25) is 0 Å². The van der Waals surface area contributed by atoms with Crippen molar-refractivity contribution >= 4 is 27.7 Å². The summed E-state index contributed by atoms with van der Waals surface area (Å²) < 4.78 is 0.914. The molecule has 1 aromatic heterocycles. The molecule has 1 fully saturated rings. The van der Waals surface area contributed by atoms with Gasteiger partial charge in [0.15, 0.2) is 0 Å². The Kier molecular flexibility index (Phi) is 4.20. The van der Waals surface area contributed by atoms with Gasteiger partial charge in [-0.2, -0.15) is 0 Å². The Hall–Kier alpha value is -1.88. The standard InChI is InChI=1S/C16H16BrN3O/c17-13-5-3-4-12(10-13)16(21)19-14-7-9-20(11-14)15-6-1-2-8-18-15/h1-6,8,10,14H,7,9,11H2,(H,19,21)/t14-/m0/s1. The van der Waals surface area contributed by atoms with E-state index in [1.165, 1.54) is 0 Å². The first kappa shape index (κ1) is 14.1. The van der Waals surface area contributed by atoms with Crippen molar-refractivity contribution in [3.63, 3.8) is 0 Å². The van der Waals surface area contributed by atoms with E-state index in [1.54, 1.807) is 6.20 Å². The zero-order valence-corrected chi connectivity index (χ0v) is 13.1. The van der Waals surface area contributed by atoms with Crippen LogP contribution in [0.5, 0.6) is 0 Å². The Balaban J connectivity index is 1.61. The molecule has 2 heterocycles. The molecule has 0 spiro atoms. The van der Waals surface area contributed by atoms with Crippen molar-refractivity contribution in [1.82, 2.24) is 10.3 Å². The van der Waals surface area contributed by atoms with Crippen molar-refractivity contribution in [3.8, 4) is 0 Å². The van der Waals surface area contributed by atoms with Crippen molar-refractivity contribution in [1.29, 1.82) is 0 Å². The highest BCUT2D eigenvalue weighted by atomic mass is 79.9. The van der Waals surface area contributed by atoms with E-state index < -0.39 is 0 Å². The molecule has 4 nitrogen and oxygen atoms in total. The highest BCUT2D eigenvalue weighted by Gasteiger charge is 2.24. The van der Waals surface area contributed by atoms with Gasteiger partial charge in [0, 0.05) is 35.4 Å². The van der Waals surface area contributed by atoms with Gasteiger partial charge in [0.1, 0.15) is 5.82 Å². The lowest BCUT2D eigenvalue weighted by Gasteiger charge is -2.17. The van der Waals surface area contributed by atoms with Crippen LogP contribution in [0.25, 0.3) is 0 Å². The summed E-state index contributed by atoms with van der Waals surface area (Å²) in [6.45, 7) is 1.72. The minimum atomic E-state index is -0.0239. The zero-order chi connectivity index (χ0) is 14.7. The normalized spacial score (nSPS) is 17.8. The number of aromatic nitrogens is 1. The summed E-state index contributed by atoms with van der Waals surface area (Å²) in [7, 11) is 0. The lowest BCUT2D eigenvalue weighted by molar-refractivity contribution is 0.0940. The molecule has 3 rings (SSSR count). The van der Waals surface area contributed by atoms with Gasteiger partial charge >= 0.3 is 0 Å². The van der Waals surface area contributed by atoms with Crippen LogP contribution in [0.3, 0.4) is 0 Å². The molecule has 0 aliphatic carbocycles. The fourth-order valence-electron chi connectivity index (χ4n) is 2.53. The summed E-state index contributed by atoms with van der Waals surface area (Å²) >= 11 is 3.39. The number of carbonyl (C=O) groups excluding carboxylic acids is 1. The number of pyridine rings is 1. The van der Waals surface area contributed by atoms with E-state index in [1.807, 2.05) is 42.5 Å². The van der Waals surface area contributed by atoms with E-state index in [4.69, 9.17) is 0 Å². The minimum absolute atomic E-state index is 0.0239. The summed E-state index contributed by atoms with van der Waals surface area (Å²) in [6, 6.07) is 13.5. The Bertz CT molecular complexity index is 632. The molecule has 1 N–H and O–H groups in total. The molecule has 0 radical (unpaired) electrons. The van der Waals surface area contributed by atoms with Crippen LogP contribution in [0.1, 0.15) is 16.8 Å². The minimum Gasteiger partial charge on any atom is -0.354 e. The number of carbonyl (C=O) groups is 1. The van der Waals surface area contributed by atoms with Gasteiger partial charge in [0.05, 0.1) is 0 Å². The largest absolute Gasteiger partial charge is 0.354 e. The molecule has 1 saturated heterocycles. The molecule has 1 atom stereocenters. The predicted molar refractivity (Wildman–Crippen MR) is 86.5 cm³/mol. The van der Waals surface area contributed by atoms with E-state index in [9.17, 15) is 4.79 Å².